The summed E-state index contributed by atoms with van der Waals surface area (Å²) < 4.78 is 22.7. The van der Waals surface area contributed by atoms with Gasteiger partial charge < -0.3 is 18.9 Å². The lowest BCUT2D eigenvalue weighted by atomic mass is 10.2. The van der Waals surface area contributed by atoms with Gasteiger partial charge in [0.2, 0.25) is 0 Å². The fraction of sp³-hybridized carbons (Fsp3) is 0.571. The molecule has 0 radical (unpaired) electrons. The second-order valence-electron chi connectivity index (χ2n) is 4.42. The molecule has 1 saturated heterocycles. The molecule has 1 aliphatic rings. The summed E-state index contributed by atoms with van der Waals surface area (Å²) in [5.41, 5.74) is 1.03. The van der Waals surface area contributed by atoms with Gasteiger partial charge in [0.05, 0.1) is 25.3 Å². The molecular weight excluding hydrogens is 312 g/mol. The highest BCUT2D eigenvalue weighted by molar-refractivity contribution is 9.10. The van der Waals surface area contributed by atoms with Crippen molar-refractivity contribution in [2.75, 3.05) is 20.8 Å². The monoisotopic (exact) mass is 330 g/mol. The largest absolute Gasteiger partial charge is 0.493 e. The van der Waals surface area contributed by atoms with Crippen LogP contribution in [-0.2, 0) is 16.1 Å². The molecule has 0 amide bonds. The van der Waals surface area contributed by atoms with Crippen LogP contribution in [0.25, 0.3) is 0 Å². The van der Waals surface area contributed by atoms with Crippen molar-refractivity contribution in [1.82, 2.24) is 0 Å². The summed E-state index contributed by atoms with van der Waals surface area (Å²) in [5, 5.41) is 0. The molecule has 0 N–H and O–H groups in total. The van der Waals surface area contributed by atoms with Crippen molar-refractivity contribution in [3.8, 4) is 11.5 Å². The minimum Gasteiger partial charge on any atom is -0.493 e. The van der Waals surface area contributed by atoms with E-state index in [0.29, 0.717) is 18.1 Å². The molecule has 1 unspecified atom stereocenters. The molecule has 1 heterocycles. The van der Waals surface area contributed by atoms with Gasteiger partial charge in [0.1, 0.15) is 0 Å². The summed E-state index contributed by atoms with van der Waals surface area (Å²) in [4.78, 5) is 0. The summed E-state index contributed by atoms with van der Waals surface area (Å²) in [6.07, 6.45) is 3.18. The molecule has 19 heavy (non-hydrogen) atoms. The maximum atomic E-state index is 5.76. The number of ether oxygens (including phenoxy) is 4. The van der Waals surface area contributed by atoms with Crippen molar-refractivity contribution < 1.29 is 18.9 Å². The molecule has 1 aromatic rings. The minimum absolute atomic E-state index is 0.0828. The Bertz CT molecular complexity index is 416. The van der Waals surface area contributed by atoms with Gasteiger partial charge in [-0.2, -0.15) is 0 Å². The Hall–Kier alpha value is -0.780. The molecule has 0 saturated carbocycles. The molecule has 0 bridgehead atoms. The van der Waals surface area contributed by atoms with Crippen molar-refractivity contribution >= 4 is 15.9 Å². The van der Waals surface area contributed by atoms with Crippen LogP contribution in [0.15, 0.2) is 16.6 Å². The van der Waals surface area contributed by atoms with Crippen molar-refractivity contribution in [2.24, 2.45) is 0 Å². The topological polar surface area (TPSA) is 36.9 Å². The van der Waals surface area contributed by atoms with Crippen molar-refractivity contribution in [1.29, 1.82) is 0 Å². The summed E-state index contributed by atoms with van der Waals surface area (Å²) >= 11 is 3.47. The van der Waals surface area contributed by atoms with Gasteiger partial charge in [-0.1, -0.05) is 0 Å². The Balaban J connectivity index is 2.01. The fourth-order valence-corrected chi connectivity index (χ4v) is 2.74. The van der Waals surface area contributed by atoms with Crippen LogP contribution < -0.4 is 9.47 Å². The predicted octanol–water partition coefficient (Wildman–Crippen LogP) is 3.51. The second-order valence-corrected chi connectivity index (χ2v) is 5.27. The number of methoxy groups -OCH3 is 2. The van der Waals surface area contributed by atoms with E-state index >= 15 is 0 Å². The summed E-state index contributed by atoms with van der Waals surface area (Å²) in [6.45, 7) is 1.30. The van der Waals surface area contributed by atoms with Crippen LogP contribution >= 0.6 is 15.9 Å². The highest BCUT2D eigenvalue weighted by Crippen LogP contribution is 2.36. The molecule has 0 aromatic heterocycles. The van der Waals surface area contributed by atoms with Crippen LogP contribution in [-0.4, -0.2) is 27.1 Å². The first-order valence-corrected chi connectivity index (χ1v) is 7.17. The number of hydrogen-bond donors (Lipinski definition) is 0. The lowest BCUT2D eigenvalue weighted by molar-refractivity contribution is -0.168. The fourth-order valence-electron chi connectivity index (χ4n) is 2.09. The van der Waals surface area contributed by atoms with E-state index in [-0.39, 0.29) is 6.29 Å². The molecule has 1 atom stereocenters. The average Bonchev–Trinajstić information content (AvgIpc) is 2.45. The standard InChI is InChI=1S/C14H19BrO4/c1-16-12-8-10(7-11(15)14(12)17-2)9-19-13-5-3-4-6-18-13/h7-8,13H,3-6,9H2,1-2H3. The molecule has 4 nitrogen and oxygen atoms in total. The highest BCUT2D eigenvalue weighted by atomic mass is 79.9. The third-order valence-corrected chi connectivity index (χ3v) is 3.66. The molecule has 2 rings (SSSR count). The Morgan fingerprint density at radius 1 is 1.26 bits per heavy atom. The van der Waals surface area contributed by atoms with E-state index < -0.39 is 0 Å². The number of benzene rings is 1. The summed E-state index contributed by atoms with van der Waals surface area (Å²) in [7, 11) is 3.24. The van der Waals surface area contributed by atoms with Crippen LogP contribution in [0.2, 0.25) is 0 Å². The highest BCUT2D eigenvalue weighted by Gasteiger charge is 2.15. The van der Waals surface area contributed by atoms with Crippen LogP contribution in [0.1, 0.15) is 24.8 Å². The lowest BCUT2D eigenvalue weighted by Gasteiger charge is -2.23. The zero-order chi connectivity index (χ0) is 13.7. The van der Waals surface area contributed by atoms with Gasteiger partial charge >= 0.3 is 0 Å². The van der Waals surface area contributed by atoms with Gasteiger partial charge in [-0.05, 0) is 52.9 Å². The van der Waals surface area contributed by atoms with Crippen LogP contribution in [0, 0.1) is 0 Å². The van der Waals surface area contributed by atoms with Gasteiger partial charge in [0.15, 0.2) is 17.8 Å². The van der Waals surface area contributed by atoms with Crippen LogP contribution in [0.4, 0.5) is 0 Å². The molecule has 1 aliphatic heterocycles. The van der Waals surface area contributed by atoms with Gasteiger partial charge in [0, 0.05) is 6.61 Å². The van der Waals surface area contributed by atoms with Crippen LogP contribution in [0.5, 0.6) is 11.5 Å². The maximum Gasteiger partial charge on any atom is 0.174 e. The third-order valence-electron chi connectivity index (χ3n) is 3.07. The van der Waals surface area contributed by atoms with E-state index in [1.807, 2.05) is 12.1 Å². The van der Waals surface area contributed by atoms with E-state index in [1.165, 1.54) is 6.42 Å². The molecule has 1 fully saturated rings. The predicted molar refractivity (Wildman–Crippen MR) is 75.6 cm³/mol. The average molecular weight is 331 g/mol. The van der Waals surface area contributed by atoms with E-state index in [0.717, 1.165) is 29.5 Å². The quantitative estimate of drug-likeness (QED) is 0.827. The summed E-state index contributed by atoms with van der Waals surface area (Å²) in [5.74, 6) is 1.39. The second kappa shape index (κ2) is 7.12. The number of halogens is 1. The smallest absolute Gasteiger partial charge is 0.174 e. The Kier molecular flexibility index (Phi) is 5.48. The number of rotatable bonds is 5. The van der Waals surface area contributed by atoms with Crippen molar-refractivity contribution in [3.05, 3.63) is 22.2 Å². The van der Waals surface area contributed by atoms with E-state index in [9.17, 15) is 0 Å². The van der Waals surface area contributed by atoms with Gasteiger partial charge in [-0.15, -0.1) is 0 Å². The first-order valence-electron chi connectivity index (χ1n) is 6.38. The molecule has 0 aliphatic carbocycles. The van der Waals surface area contributed by atoms with Crippen molar-refractivity contribution in [2.45, 2.75) is 32.2 Å². The van der Waals surface area contributed by atoms with E-state index in [4.69, 9.17) is 18.9 Å². The Morgan fingerprint density at radius 3 is 2.74 bits per heavy atom. The SMILES string of the molecule is COc1cc(COC2CCCCO2)cc(Br)c1OC. The molecular formula is C14H19BrO4. The first kappa shape index (κ1) is 14.6. The van der Waals surface area contributed by atoms with Crippen LogP contribution in [0.3, 0.4) is 0 Å². The normalized spacial score (nSPS) is 19.2. The molecule has 5 heteroatoms. The lowest BCUT2D eigenvalue weighted by Crippen LogP contribution is -2.22. The number of hydrogen-bond acceptors (Lipinski definition) is 4. The first-order chi connectivity index (χ1) is 9.24. The molecule has 106 valence electrons. The van der Waals surface area contributed by atoms with Gasteiger partial charge in [-0.3, -0.25) is 0 Å². The zero-order valence-corrected chi connectivity index (χ0v) is 12.9. The van der Waals surface area contributed by atoms with E-state index in [1.54, 1.807) is 14.2 Å². The molecule has 0 spiro atoms. The van der Waals surface area contributed by atoms with E-state index in [2.05, 4.69) is 15.9 Å². The zero-order valence-electron chi connectivity index (χ0n) is 11.3. The summed E-state index contributed by atoms with van der Waals surface area (Å²) in [6, 6.07) is 3.90. The van der Waals surface area contributed by atoms with Crippen molar-refractivity contribution in [3.63, 3.8) is 0 Å². The van der Waals surface area contributed by atoms with Gasteiger partial charge in [0.25, 0.3) is 0 Å². The molecule has 1 aromatic carbocycles. The third kappa shape index (κ3) is 3.84. The maximum absolute atomic E-state index is 5.76. The Labute approximate surface area is 122 Å². The minimum atomic E-state index is -0.0828. The Morgan fingerprint density at radius 2 is 2.11 bits per heavy atom. The van der Waals surface area contributed by atoms with Gasteiger partial charge in [-0.25, -0.2) is 0 Å².